The Balaban J connectivity index is 1.86. The molecule has 1 aromatic carbocycles. The minimum atomic E-state index is -0.389. The lowest BCUT2D eigenvalue weighted by Gasteiger charge is -2.01. The maximum absolute atomic E-state index is 13.2. The second-order valence-corrected chi connectivity index (χ2v) is 5.29. The van der Waals surface area contributed by atoms with Crippen molar-refractivity contribution >= 4 is 15.9 Å². The van der Waals surface area contributed by atoms with Crippen LogP contribution in [-0.2, 0) is 0 Å². The standard InChI is InChI=1S/C12H11BrFN3O2/c13-8-3-6(1-2-9(8)14)11-16-12(19-17-11)10-4-7(18)5-15-10/h1-3,7,10,15,18H,4-5H2/t7-,10+/m1/s1. The van der Waals surface area contributed by atoms with Gasteiger partial charge in [-0.2, -0.15) is 4.98 Å². The Labute approximate surface area is 117 Å². The van der Waals surface area contributed by atoms with E-state index >= 15 is 0 Å². The molecule has 100 valence electrons. The number of aliphatic hydroxyl groups is 1. The SMILES string of the molecule is O[C@H]1CN[C@H](c2nc(-c3ccc(F)c(Br)c3)no2)C1. The van der Waals surface area contributed by atoms with Gasteiger partial charge >= 0.3 is 0 Å². The number of nitrogens with one attached hydrogen (secondary N) is 1. The van der Waals surface area contributed by atoms with Gasteiger partial charge in [0.25, 0.3) is 0 Å². The van der Waals surface area contributed by atoms with Crippen LogP contribution in [0.2, 0.25) is 0 Å². The van der Waals surface area contributed by atoms with E-state index in [1.807, 2.05) is 0 Å². The zero-order valence-corrected chi connectivity index (χ0v) is 11.4. The molecule has 1 fully saturated rings. The molecule has 2 atom stereocenters. The monoisotopic (exact) mass is 327 g/mol. The maximum Gasteiger partial charge on any atom is 0.244 e. The van der Waals surface area contributed by atoms with Gasteiger partial charge in [-0.1, -0.05) is 5.16 Å². The van der Waals surface area contributed by atoms with E-state index in [9.17, 15) is 9.50 Å². The van der Waals surface area contributed by atoms with Gasteiger partial charge in [-0.25, -0.2) is 4.39 Å². The second kappa shape index (κ2) is 4.99. The summed E-state index contributed by atoms with van der Waals surface area (Å²) in [5, 5.41) is 16.4. The van der Waals surface area contributed by atoms with Gasteiger partial charge < -0.3 is 14.9 Å². The molecule has 19 heavy (non-hydrogen) atoms. The van der Waals surface area contributed by atoms with E-state index in [-0.39, 0.29) is 18.0 Å². The summed E-state index contributed by atoms with van der Waals surface area (Å²) in [5.74, 6) is 0.499. The summed E-state index contributed by atoms with van der Waals surface area (Å²) in [5.41, 5.74) is 0.668. The number of hydrogen-bond donors (Lipinski definition) is 2. The predicted molar refractivity (Wildman–Crippen MR) is 68.8 cm³/mol. The number of halogens is 2. The third kappa shape index (κ3) is 2.54. The van der Waals surface area contributed by atoms with Gasteiger partial charge in [0.05, 0.1) is 16.6 Å². The molecule has 1 aliphatic heterocycles. The predicted octanol–water partition coefficient (Wildman–Crippen LogP) is 2.03. The van der Waals surface area contributed by atoms with Crippen molar-refractivity contribution in [3.05, 3.63) is 34.4 Å². The van der Waals surface area contributed by atoms with Gasteiger partial charge in [0, 0.05) is 12.1 Å². The van der Waals surface area contributed by atoms with Crippen LogP contribution in [0.5, 0.6) is 0 Å². The van der Waals surface area contributed by atoms with Crippen molar-refractivity contribution in [1.29, 1.82) is 0 Å². The summed E-state index contributed by atoms with van der Waals surface area (Å²) < 4.78 is 18.7. The van der Waals surface area contributed by atoms with Gasteiger partial charge in [0.1, 0.15) is 5.82 Å². The zero-order chi connectivity index (χ0) is 13.4. The fourth-order valence-corrected chi connectivity index (χ4v) is 2.41. The maximum atomic E-state index is 13.2. The summed E-state index contributed by atoms with van der Waals surface area (Å²) >= 11 is 3.12. The molecule has 0 amide bonds. The summed E-state index contributed by atoms with van der Waals surface area (Å²) in [7, 11) is 0. The molecule has 1 aromatic heterocycles. The molecule has 1 aliphatic rings. The third-order valence-electron chi connectivity index (χ3n) is 3.03. The van der Waals surface area contributed by atoms with Crippen molar-refractivity contribution < 1.29 is 14.0 Å². The first-order valence-electron chi connectivity index (χ1n) is 5.84. The molecule has 2 heterocycles. The van der Waals surface area contributed by atoms with Crippen molar-refractivity contribution in [2.75, 3.05) is 6.54 Å². The van der Waals surface area contributed by atoms with Crippen molar-refractivity contribution in [2.24, 2.45) is 0 Å². The highest BCUT2D eigenvalue weighted by atomic mass is 79.9. The topological polar surface area (TPSA) is 71.2 Å². The minimum Gasteiger partial charge on any atom is -0.392 e. The lowest BCUT2D eigenvalue weighted by atomic mass is 10.2. The molecule has 0 saturated carbocycles. The number of β-amino-alcohol motifs (C(OH)–C–C–N with tert-alkyl or cyclic N) is 1. The van der Waals surface area contributed by atoms with E-state index in [4.69, 9.17) is 4.52 Å². The van der Waals surface area contributed by atoms with Crippen LogP contribution in [0.4, 0.5) is 4.39 Å². The number of benzene rings is 1. The highest BCUT2D eigenvalue weighted by Crippen LogP contribution is 2.26. The van der Waals surface area contributed by atoms with E-state index < -0.39 is 0 Å². The third-order valence-corrected chi connectivity index (χ3v) is 3.63. The highest BCUT2D eigenvalue weighted by molar-refractivity contribution is 9.10. The molecule has 0 radical (unpaired) electrons. The van der Waals surface area contributed by atoms with Gasteiger partial charge in [-0.05, 0) is 40.5 Å². The van der Waals surface area contributed by atoms with E-state index in [0.717, 1.165) is 0 Å². The number of hydrogen-bond acceptors (Lipinski definition) is 5. The summed E-state index contributed by atoms with van der Waals surface area (Å²) in [4.78, 5) is 4.27. The van der Waals surface area contributed by atoms with Crippen LogP contribution in [0.3, 0.4) is 0 Å². The average Bonchev–Trinajstić information content (AvgIpc) is 3.01. The highest BCUT2D eigenvalue weighted by Gasteiger charge is 2.28. The minimum absolute atomic E-state index is 0.125. The van der Waals surface area contributed by atoms with Crippen molar-refractivity contribution in [3.8, 4) is 11.4 Å². The Bertz CT molecular complexity index is 604. The molecule has 0 bridgehead atoms. The number of aromatic nitrogens is 2. The van der Waals surface area contributed by atoms with Crippen LogP contribution in [0, 0.1) is 5.82 Å². The first-order valence-corrected chi connectivity index (χ1v) is 6.63. The molecular weight excluding hydrogens is 317 g/mol. The van der Waals surface area contributed by atoms with Gasteiger partial charge in [0.2, 0.25) is 11.7 Å². The zero-order valence-electron chi connectivity index (χ0n) is 9.81. The van der Waals surface area contributed by atoms with E-state index in [2.05, 4.69) is 31.4 Å². The molecule has 2 N–H and O–H groups in total. The van der Waals surface area contributed by atoms with Gasteiger partial charge in [-0.15, -0.1) is 0 Å². The largest absolute Gasteiger partial charge is 0.392 e. The fourth-order valence-electron chi connectivity index (χ4n) is 2.03. The summed E-state index contributed by atoms with van der Waals surface area (Å²) in [6.45, 7) is 0.518. The second-order valence-electron chi connectivity index (χ2n) is 4.44. The van der Waals surface area contributed by atoms with E-state index in [1.165, 1.54) is 6.07 Å². The molecule has 7 heteroatoms. The van der Waals surface area contributed by atoms with Gasteiger partial charge in [0.15, 0.2) is 0 Å². The molecule has 1 saturated heterocycles. The Morgan fingerprint density at radius 2 is 2.32 bits per heavy atom. The summed E-state index contributed by atoms with van der Waals surface area (Å²) in [6, 6.07) is 4.40. The van der Waals surface area contributed by atoms with Crippen molar-refractivity contribution in [3.63, 3.8) is 0 Å². The van der Waals surface area contributed by atoms with Crippen LogP contribution in [0.25, 0.3) is 11.4 Å². The quantitative estimate of drug-likeness (QED) is 0.883. The van der Waals surface area contributed by atoms with E-state index in [0.29, 0.717) is 34.7 Å². The van der Waals surface area contributed by atoms with Gasteiger partial charge in [-0.3, -0.25) is 0 Å². The number of nitrogens with zero attached hydrogens (tertiary/aromatic N) is 2. The van der Waals surface area contributed by atoms with Crippen LogP contribution < -0.4 is 5.32 Å². The lowest BCUT2D eigenvalue weighted by Crippen LogP contribution is -2.15. The lowest BCUT2D eigenvalue weighted by molar-refractivity contribution is 0.191. The first kappa shape index (κ1) is 12.7. The molecule has 0 unspecified atom stereocenters. The molecule has 2 aromatic rings. The van der Waals surface area contributed by atoms with Crippen molar-refractivity contribution in [2.45, 2.75) is 18.6 Å². The van der Waals surface area contributed by atoms with Crippen LogP contribution in [0.1, 0.15) is 18.4 Å². The van der Waals surface area contributed by atoms with Crippen LogP contribution in [-0.4, -0.2) is 27.9 Å². The molecule has 5 nitrogen and oxygen atoms in total. The Hall–Kier alpha value is -1.31. The Morgan fingerprint density at radius 3 is 3.00 bits per heavy atom. The van der Waals surface area contributed by atoms with Crippen LogP contribution in [0.15, 0.2) is 27.2 Å². The number of aliphatic hydroxyl groups excluding tert-OH is 1. The van der Waals surface area contributed by atoms with E-state index in [1.54, 1.807) is 12.1 Å². The molecule has 0 spiro atoms. The average molecular weight is 328 g/mol. The summed E-state index contributed by atoms with van der Waals surface area (Å²) in [6.07, 6.45) is 0.162. The smallest absolute Gasteiger partial charge is 0.244 e. The first-order chi connectivity index (χ1) is 9.13. The Morgan fingerprint density at radius 1 is 1.47 bits per heavy atom. The number of rotatable bonds is 2. The molecule has 3 rings (SSSR count). The molecule has 0 aliphatic carbocycles. The Kier molecular flexibility index (Phi) is 3.34. The normalized spacial score (nSPS) is 22.9. The van der Waals surface area contributed by atoms with Crippen molar-refractivity contribution in [1.82, 2.24) is 15.5 Å². The fraction of sp³-hybridized carbons (Fsp3) is 0.333. The van der Waals surface area contributed by atoms with Crippen LogP contribution >= 0.6 is 15.9 Å². The molecular formula is C12H11BrFN3O2.